The molecule has 1 aliphatic heterocycles. The second-order valence-corrected chi connectivity index (χ2v) is 7.19. The topological polar surface area (TPSA) is 68.9 Å². The Kier molecular flexibility index (Phi) is 5.53. The van der Waals surface area contributed by atoms with Gasteiger partial charge in [0.15, 0.2) is 0 Å². The van der Waals surface area contributed by atoms with E-state index in [4.69, 9.17) is 5.26 Å². The number of benzene rings is 1. The fraction of sp³-hybridized carbons (Fsp3) is 0.400. The van der Waals surface area contributed by atoms with E-state index in [1.807, 2.05) is 12.1 Å². The average molecular weight is 358 g/mol. The first-order valence-corrected chi connectivity index (χ1v) is 8.31. The van der Waals surface area contributed by atoms with Crippen molar-refractivity contribution in [1.29, 1.82) is 5.26 Å². The minimum atomic E-state index is -1.16. The van der Waals surface area contributed by atoms with E-state index in [0.717, 1.165) is 24.2 Å². The molecule has 1 aromatic carbocycles. The molecule has 1 aliphatic rings. The maximum absolute atomic E-state index is 11.8. The minimum absolute atomic E-state index is 0. The lowest BCUT2D eigenvalue weighted by atomic mass is 9.62. The molecule has 1 atom stereocenters. The predicted octanol–water partition coefficient (Wildman–Crippen LogP) is 3.34. The monoisotopic (exact) mass is 357 g/mol. The van der Waals surface area contributed by atoms with Crippen LogP contribution in [0.4, 0.5) is 0 Å². The third kappa shape index (κ3) is 3.16. The molecule has 2 heterocycles. The Morgan fingerprint density at radius 3 is 2.32 bits per heavy atom. The number of aromatic nitrogens is 1. The van der Waals surface area contributed by atoms with Gasteiger partial charge < -0.3 is 10.4 Å². The third-order valence-corrected chi connectivity index (χ3v) is 5.19. The molecule has 0 bridgehead atoms. The number of pyridine rings is 1. The van der Waals surface area contributed by atoms with Crippen LogP contribution in [0.15, 0.2) is 42.6 Å². The molecule has 3 rings (SSSR count). The summed E-state index contributed by atoms with van der Waals surface area (Å²) in [6.07, 6.45) is 1.59. The number of nitrogens with zero attached hydrogens (tertiary/aromatic N) is 2. The molecule has 0 saturated carbocycles. The molecule has 4 nitrogen and oxygen atoms in total. The van der Waals surface area contributed by atoms with Crippen molar-refractivity contribution < 1.29 is 5.11 Å². The van der Waals surface area contributed by atoms with E-state index in [1.54, 1.807) is 18.3 Å². The first kappa shape index (κ1) is 19.4. The van der Waals surface area contributed by atoms with Crippen LogP contribution in [-0.2, 0) is 5.60 Å². The summed E-state index contributed by atoms with van der Waals surface area (Å²) in [5.41, 5.74) is 1.63. The van der Waals surface area contributed by atoms with Crippen LogP contribution in [0.25, 0.3) is 0 Å². The smallest absolute Gasteiger partial charge is 0.140 e. The van der Waals surface area contributed by atoms with Gasteiger partial charge in [0.1, 0.15) is 17.4 Å². The SMILES string of the molecule is CC(C)c1ccc(C(O)(c2ccnc(C#N)c2)C2(C)CNC2)cc1.Cl. The van der Waals surface area contributed by atoms with Crippen molar-refractivity contribution in [2.24, 2.45) is 5.41 Å². The Morgan fingerprint density at radius 2 is 1.84 bits per heavy atom. The summed E-state index contributed by atoms with van der Waals surface area (Å²) >= 11 is 0. The fourth-order valence-corrected chi connectivity index (χ4v) is 3.45. The summed E-state index contributed by atoms with van der Waals surface area (Å²) in [4.78, 5) is 4.04. The number of rotatable bonds is 4. The Bertz CT molecular complexity index is 778. The van der Waals surface area contributed by atoms with E-state index in [1.165, 1.54) is 5.56 Å². The molecule has 132 valence electrons. The summed E-state index contributed by atoms with van der Waals surface area (Å²) in [6.45, 7) is 7.83. The van der Waals surface area contributed by atoms with Crippen LogP contribution in [0.3, 0.4) is 0 Å². The van der Waals surface area contributed by atoms with Crippen LogP contribution in [0, 0.1) is 16.7 Å². The average Bonchev–Trinajstić information content (AvgIpc) is 2.59. The van der Waals surface area contributed by atoms with E-state index in [9.17, 15) is 5.11 Å². The van der Waals surface area contributed by atoms with Gasteiger partial charge in [0.05, 0.1) is 0 Å². The molecule has 1 saturated heterocycles. The van der Waals surface area contributed by atoms with Crippen molar-refractivity contribution in [2.45, 2.75) is 32.3 Å². The molecule has 1 aromatic heterocycles. The number of halogens is 1. The zero-order valence-corrected chi connectivity index (χ0v) is 15.6. The summed E-state index contributed by atoms with van der Waals surface area (Å²) < 4.78 is 0. The van der Waals surface area contributed by atoms with Gasteiger partial charge in [0.2, 0.25) is 0 Å². The summed E-state index contributed by atoms with van der Waals surface area (Å²) in [5, 5.41) is 24.2. The molecule has 0 amide bonds. The van der Waals surface area contributed by atoms with Crippen LogP contribution in [0.5, 0.6) is 0 Å². The van der Waals surface area contributed by atoms with Gasteiger partial charge in [-0.15, -0.1) is 12.4 Å². The first-order chi connectivity index (χ1) is 11.4. The maximum atomic E-state index is 11.8. The number of hydrogen-bond donors (Lipinski definition) is 2. The Labute approximate surface area is 155 Å². The normalized spacial score (nSPS) is 17.8. The van der Waals surface area contributed by atoms with Crippen molar-refractivity contribution in [3.8, 4) is 6.07 Å². The van der Waals surface area contributed by atoms with E-state index in [0.29, 0.717) is 11.6 Å². The van der Waals surface area contributed by atoms with Gasteiger partial charge in [-0.2, -0.15) is 5.26 Å². The second-order valence-electron chi connectivity index (χ2n) is 7.19. The van der Waals surface area contributed by atoms with Crippen LogP contribution < -0.4 is 5.32 Å². The highest BCUT2D eigenvalue weighted by molar-refractivity contribution is 5.85. The zero-order chi connectivity index (χ0) is 17.4. The molecule has 1 fully saturated rings. The number of nitriles is 1. The summed E-state index contributed by atoms with van der Waals surface area (Å²) in [6, 6.07) is 13.7. The van der Waals surface area contributed by atoms with Crippen LogP contribution in [-0.4, -0.2) is 23.2 Å². The third-order valence-electron chi connectivity index (χ3n) is 5.19. The van der Waals surface area contributed by atoms with E-state index in [2.05, 4.69) is 49.3 Å². The van der Waals surface area contributed by atoms with Crippen molar-refractivity contribution in [3.05, 3.63) is 65.0 Å². The molecule has 5 heteroatoms. The number of nitrogens with one attached hydrogen (secondary N) is 1. The molecule has 0 aliphatic carbocycles. The summed E-state index contributed by atoms with van der Waals surface area (Å²) in [5.74, 6) is 0.444. The largest absolute Gasteiger partial charge is 0.380 e. The van der Waals surface area contributed by atoms with Gasteiger partial charge in [-0.3, -0.25) is 0 Å². The molecule has 25 heavy (non-hydrogen) atoms. The number of hydrogen-bond acceptors (Lipinski definition) is 4. The van der Waals surface area contributed by atoms with Crippen LogP contribution >= 0.6 is 12.4 Å². The second kappa shape index (κ2) is 7.13. The van der Waals surface area contributed by atoms with Gasteiger partial charge >= 0.3 is 0 Å². The molecule has 1 unspecified atom stereocenters. The molecule has 2 aromatic rings. The van der Waals surface area contributed by atoms with E-state index in [-0.39, 0.29) is 17.8 Å². The molecule has 0 spiro atoms. The van der Waals surface area contributed by atoms with Crippen molar-refractivity contribution in [3.63, 3.8) is 0 Å². The quantitative estimate of drug-likeness (QED) is 0.880. The molecular formula is C20H24ClN3O. The Balaban J connectivity index is 0.00000225. The maximum Gasteiger partial charge on any atom is 0.140 e. The predicted molar refractivity (Wildman–Crippen MR) is 101 cm³/mol. The Morgan fingerprint density at radius 1 is 1.20 bits per heavy atom. The summed E-state index contributed by atoms with van der Waals surface area (Å²) in [7, 11) is 0. The van der Waals surface area contributed by atoms with Crippen LogP contribution in [0.1, 0.15) is 49.1 Å². The standard InChI is InChI=1S/C20H23N3O.ClH/c1-14(2)15-4-6-16(7-5-15)20(24,19(3)12-22-13-19)17-8-9-23-18(10-17)11-21;/h4-10,14,22,24H,12-13H2,1-3H3;1H. The van der Waals surface area contributed by atoms with Gasteiger partial charge in [-0.05, 0) is 34.7 Å². The first-order valence-electron chi connectivity index (χ1n) is 8.31. The number of aliphatic hydroxyl groups is 1. The van der Waals surface area contributed by atoms with Gasteiger partial charge in [0, 0.05) is 24.7 Å². The zero-order valence-electron chi connectivity index (χ0n) is 14.8. The van der Waals surface area contributed by atoms with Gasteiger partial charge in [-0.25, -0.2) is 4.98 Å². The lowest BCUT2D eigenvalue weighted by Crippen LogP contribution is -2.63. The van der Waals surface area contributed by atoms with Crippen molar-refractivity contribution in [2.75, 3.05) is 13.1 Å². The van der Waals surface area contributed by atoms with E-state index < -0.39 is 5.60 Å². The highest BCUT2D eigenvalue weighted by atomic mass is 35.5. The van der Waals surface area contributed by atoms with Gasteiger partial charge in [-0.1, -0.05) is 45.0 Å². The van der Waals surface area contributed by atoms with Gasteiger partial charge in [0.25, 0.3) is 0 Å². The highest BCUT2D eigenvalue weighted by Crippen LogP contribution is 2.47. The highest BCUT2D eigenvalue weighted by Gasteiger charge is 2.53. The molecule has 0 radical (unpaired) electrons. The van der Waals surface area contributed by atoms with Crippen LogP contribution in [0.2, 0.25) is 0 Å². The Hall–Kier alpha value is -1.93. The lowest BCUT2D eigenvalue weighted by Gasteiger charge is -2.52. The molecule has 2 N–H and O–H groups in total. The molecular weight excluding hydrogens is 334 g/mol. The van der Waals surface area contributed by atoms with Crippen molar-refractivity contribution in [1.82, 2.24) is 10.3 Å². The van der Waals surface area contributed by atoms with Crippen molar-refractivity contribution >= 4 is 12.4 Å². The minimum Gasteiger partial charge on any atom is -0.380 e. The lowest BCUT2D eigenvalue weighted by molar-refractivity contribution is -0.0768. The fourth-order valence-electron chi connectivity index (χ4n) is 3.45. The van der Waals surface area contributed by atoms with E-state index >= 15 is 0 Å².